The topological polar surface area (TPSA) is 42.7 Å². The van der Waals surface area contributed by atoms with Crippen molar-refractivity contribution in [3.63, 3.8) is 0 Å². The maximum absolute atomic E-state index is 4.67. The summed E-state index contributed by atoms with van der Waals surface area (Å²) in [6, 6.07) is 10.3. The third-order valence-electron chi connectivity index (χ3n) is 3.23. The molecular formula is C16H20N4S. The van der Waals surface area contributed by atoms with Gasteiger partial charge < -0.3 is 5.32 Å². The number of hydrogen-bond donors (Lipinski definition) is 1. The molecular weight excluding hydrogens is 280 g/mol. The number of benzene rings is 1. The van der Waals surface area contributed by atoms with Crippen LogP contribution in [0.3, 0.4) is 0 Å². The van der Waals surface area contributed by atoms with Crippen LogP contribution in [0.4, 0.5) is 0 Å². The van der Waals surface area contributed by atoms with Crippen LogP contribution >= 0.6 is 11.3 Å². The normalized spacial score (nSPS) is 12.1. The molecule has 0 radical (unpaired) electrons. The summed E-state index contributed by atoms with van der Waals surface area (Å²) in [6.45, 7) is 8.05. The first-order valence-corrected chi connectivity index (χ1v) is 7.93. The Bertz CT molecular complexity index is 703. The second-order valence-electron chi connectivity index (χ2n) is 6.16. The first-order chi connectivity index (χ1) is 10.0. The lowest BCUT2D eigenvalue weighted by atomic mass is 10.1. The number of fused-ring (bicyclic) bond motifs is 1. The SMILES string of the molecule is CC(C)(C)NCc1ccnn1Cc1nc2ccccc2s1. The van der Waals surface area contributed by atoms with Crippen LogP contribution in [0.5, 0.6) is 0 Å². The molecule has 0 spiro atoms. The van der Waals surface area contributed by atoms with E-state index in [0.717, 1.165) is 23.6 Å². The van der Waals surface area contributed by atoms with Gasteiger partial charge in [0.15, 0.2) is 0 Å². The van der Waals surface area contributed by atoms with E-state index < -0.39 is 0 Å². The molecule has 0 fully saturated rings. The number of rotatable bonds is 4. The van der Waals surface area contributed by atoms with Crippen LogP contribution in [0.25, 0.3) is 10.2 Å². The molecule has 3 rings (SSSR count). The molecule has 0 bridgehead atoms. The molecule has 0 unspecified atom stereocenters. The van der Waals surface area contributed by atoms with Gasteiger partial charge in [0, 0.05) is 18.3 Å². The highest BCUT2D eigenvalue weighted by Crippen LogP contribution is 2.22. The van der Waals surface area contributed by atoms with Crippen molar-refractivity contribution in [1.29, 1.82) is 0 Å². The highest BCUT2D eigenvalue weighted by Gasteiger charge is 2.12. The standard InChI is InChI=1S/C16H20N4S/c1-16(2,3)17-10-12-8-9-18-20(12)11-15-19-13-6-4-5-7-14(13)21-15/h4-9,17H,10-11H2,1-3H3. The molecule has 1 aromatic carbocycles. The van der Waals surface area contributed by atoms with Gasteiger partial charge in [-0.3, -0.25) is 4.68 Å². The van der Waals surface area contributed by atoms with Gasteiger partial charge in [0.2, 0.25) is 0 Å². The summed E-state index contributed by atoms with van der Waals surface area (Å²) < 4.78 is 3.25. The molecule has 1 N–H and O–H groups in total. The van der Waals surface area contributed by atoms with E-state index >= 15 is 0 Å². The van der Waals surface area contributed by atoms with Crippen LogP contribution in [0.2, 0.25) is 0 Å². The van der Waals surface area contributed by atoms with Crippen LogP contribution < -0.4 is 5.32 Å². The number of nitrogens with zero attached hydrogens (tertiary/aromatic N) is 3. The van der Waals surface area contributed by atoms with Crippen LogP contribution in [0.1, 0.15) is 31.5 Å². The summed E-state index contributed by atoms with van der Waals surface area (Å²) in [7, 11) is 0. The van der Waals surface area contributed by atoms with Crippen molar-refractivity contribution in [3.8, 4) is 0 Å². The van der Waals surface area contributed by atoms with Crippen molar-refractivity contribution in [2.75, 3.05) is 0 Å². The first-order valence-electron chi connectivity index (χ1n) is 7.11. The number of aromatic nitrogens is 3. The Kier molecular flexibility index (Phi) is 3.78. The quantitative estimate of drug-likeness (QED) is 0.802. The number of hydrogen-bond acceptors (Lipinski definition) is 4. The average Bonchev–Trinajstić information content (AvgIpc) is 3.01. The fraction of sp³-hybridized carbons (Fsp3) is 0.375. The average molecular weight is 300 g/mol. The number of para-hydroxylation sites is 1. The summed E-state index contributed by atoms with van der Waals surface area (Å²) in [6.07, 6.45) is 1.85. The third kappa shape index (κ3) is 3.49. The maximum atomic E-state index is 4.67. The van der Waals surface area contributed by atoms with Crippen molar-refractivity contribution in [2.45, 2.75) is 39.4 Å². The highest BCUT2D eigenvalue weighted by molar-refractivity contribution is 7.18. The maximum Gasteiger partial charge on any atom is 0.115 e. The number of thiazole rings is 1. The lowest BCUT2D eigenvalue weighted by molar-refractivity contribution is 0.414. The van der Waals surface area contributed by atoms with E-state index in [1.807, 2.05) is 16.9 Å². The zero-order valence-electron chi connectivity index (χ0n) is 12.6. The molecule has 3 aromatic rings. The van der Waals surface area contributed by atoms with Crippen LogP contribution in [-0.4, -0.2) is 20.3 Å². The van der Waals surface area contributed by atoms with E-state index in [-0.39, 0.29) is 5.54 Å². The zero-order valence-corrected chi connectivity index (χ0v) is 13.4. The third-order valence-corrected chi connectivity index (χ3v) is 4.25. The van der Waals surface area contributed by atoms with Crippen molar-refractivity contribution >= 4 is 21.6 Å². The molecule has 0 saturated carbocycles. The second kappa shape index (κ2) is 5.58. The molecule has 0 aliphatic rings. The van der Waals surface area contributed by atoms with Gasteiger partial charge in [0.1, 0.15) is 5.01 Å². The van der Waals surface area contributed by atoms with Crippen molar-refractivity contribution in [1.82, 2.24) is 20.1 Å². The van der Waals surface area contributed by atoms with Gasteiger partial charge in [-0.25, -0.2) is 4.98 Å². The van der Waals surface area contributed by atoms with E-state index in [0.29, 0.717) is 0 Å². The van der Waals surface area contributed by atoms with Crippen LogP contribution in [-0.2, 0) is 13.1 Å². The molecule has 0 saturated heterocycles. The predicted molar refractivity (Wildman–Crippen MR) is 87.5 cm³/mol. The van der Waals surface area contributed by atoms with Crippen molar-refractivity contribution in [3.05, 3.63) is 47.2 Å². The summed E-state index contributed by atoms with van der Waals surface area (Å²) >= 11 is 1.74. The summed E-state index contributed by atoms with van der Waals surface area (Å²) in [4.78, 5) is 4.67. The molecule has 21 heavy (non-hydrogen) atoms. The van der Waals surface area contributed by atoms with E-state index in [1.165, 1.54) is 10.4 Å². The molecule has 0 aliphatic heterocycles. The van der Waals surface area contributed by atoms with Gasteiger partial charge in [0.05, 0.1) is 22.5 Å². The van der Waals surface area contributed by atoms with Gasteiger partial charge in [-0.2, -0.15) is 5.10 Å². The van der Waals surface area contributed by atoms with Crippen LogP contribution in [0, 0.1) is 0 Å². The molecule has 110 valence electrons. The van der Waals surface area contributed by atoms with E-state index in [1.54, 1.807) is 11.3 Å². The molecule has 0 atom stereocenters. The minimum atomic E-state index is 0.102. The van der Waals surface area contributed by atoms with Gasteiger partial charge in [-0.1, -0.05) is 12.1 Å². The Morgan fingerprint density at radius 3 is 2.76 bits per heavy atom. The smallest absolute Gasteiger partial charge is 0.115 e. The van der Waals surface area contributed by atoms with Gasteiger partial charge in [-0.15, -0.1) is 11.3 Å². The highest BCUT2D eigenvalue weighted by atomic mass is 32.1. The molecule has 2 heterocycles. The Morgan fingerprint density at radius 2 is 2.00 bits per heavy atom. The van der Waals surface area contributed by atoms with Crippen molar-refractivity contribution in [2.24, 2.45) is 0 Å². The van der Waals surface area contributed by atoms with Crippen molar-refractivity contribution < 1.29 is 0 Å². The van der Waals surface area contributed by atoms with E-state index in [9.17, 15) is 0 Å². The fourth-order valence-corrected chi connectivity index (χ4v) is 3.07. The monoisotopic (exact) mass is 300 g/mol. The summed E-state index contributed by atoms with van der Waals surface area (Å²) in [5, 5.41) is 9.02. The minimum absolute atomic E-state index is 0.102. The molecule has 5 heteroatoms. The minimum Gasteiger partial charge on any atom is -0.306 e. The van der Waals surface area contributed by atoms with Crippen LogP contribution in [0.15, 0.2) is 36.5 Å². The van der Waals surface area contributed by atoms with Gasteiger partial charge in [-0.05, 0) is 39.0 Å². The summed E-state index contributed by atoms with van der Waals surface area (Å²) in [5.74, 6) is 0. The van der Waals surface area contributed by atoms with E-state index in [4.69, 9.17) is 0 Å². The molecule has 0 amide bonds. The lowest BCUT2D eigenvalue weighted by Crippen LogP contribution is -2.35. The van der Waals surface area contributed by atoms with Gasteiger partial charge in [0.25, 0.3) is 0 Å². The van der Waals surface area contributed by atoms with Gasteiger partial charge >= 0.3 is 0 Å². The largest absolute Gasteiger partial charge is 0.306 e. The lowest BCUT2D eigenvalue weighted by Gasteiger charge is -2.20. The fourth-order valence-electron chi connectivity index (χ4n) is 2.12. The van der Waals surface area contributed by atoms with E-state index in [2.05, 4.69) is 60.4 Å². The second-order valence-corrected chi connectivity index (χ2v) is 7.27. The number of nitrogens with one attached hydrogen (secondary N) is 1. The Labute approximate surface area is 128 Å². The molecule has 4 nitrogen and oxygen atoms in total. The predicted octanol–water partition coefficient (Wildman–Crippen LogP) is 3.43. The zero-order chi connectivity index (χ0) is 14.9. The Hall–Kier alpha value is -1.72. The molecule has 2 aromatic heterocycles. The Morgan fingerprint density at radius 1 is 1.19 bits per heavy atom. The first kappa shape index (κ1) is 14.2. The molecule has 0 aliphatic carbocycles. The summed E-state index contributed by atoms with van der Waals surface area (Å²) in [5.41, 5.74) is 2.36. The Balaban J connectivity index is 1.77.